The summed E-state index contributed by atoms with van der Waals surface area (Å²) in [6.07, 6.45) is 0.550. The van der Waals surface area contributed by atoms with E-state index in [4.69, 9.17) is 5.11 Å². The molecule has 0 aliphatic rings. The van der Waals surface area contributed by atoms with Gasteiger partial charge in [-0.3, -0.25) is 0 Å². The van der Waals surface area contributed by atoms with Gasteiger partial charge in [-0.1, -0.05) is 24.3 Å². The Morgan fingerprint density at radius 2 is 2.20 bits per heavy atom. The van der Waals surface area contributed by atoms with Gasteiger partial charge in [-0.05, 0) is 18.6 Å². The molecule has 20 heavy (non-hydrogen) atoms. The van der Waals surface area contributed by atoms with Crippen molar-refractivity contribution >= 4 is 17.0 Å². The Labute approximate surface area is 114 Å². The molecule has 7 heteroatoms. The molecule has 102 valence electrons. The van der Waals surface area contributed by atoms with E-state index in [0.29, 0.717) is 18.7 Å². The summed E-state index contributed by atoms with van der Waals surface area (Å²) in [5.41, 5.74) is 2.42. The number of fused-ring (bicyclic) bond motifs is 1. The van der Waals surface area contributed by atoms with Gasteiger partial charge in [0.2, 0.25) is 0 Å². The maximum Gasteiger partial charge on any atom is 0.358 e. The summed E-state index contributed by atoms with van der Waals surface area (Å²) in [4.78, 5) is 18.7. The summed E-state index contributed by atoms with van der Waals surface area (Å²) in [6.45, 7) is 2.25. The third kappa shape index (κ3) is 2.03. The number of nitrogens with one attached hydrogen (secondary N) is 1. The maximum absolute atomic E-state index is 11.0. The summed E-state index contributed by atoms with van der Waals surface area (Å²) in [7, 11) is 0. The van der Waals surface area contributed by atoms with Crippen molar-refractivity contribution in [2.45, 2.75) is 19.9 Å². The van der Waals surface area contributed by atoms with E-state index < -0.39 is 5.97 Å². The molecule has 0 aliphatic heterocycles. The second kappa shape index (κ2) is 4.76. The third-order valence-corrected chi connectivity index (χ3v) is 3.11. The highest BCUT2D eigenvalue weighted by molar-refractivity contribution is 5.86. The zero-order chi connectivity index (χ0) is 14.1. The van der Waals surface area contributed by atoms with Gasteiger partial charge >= 0.3 is 5.97 Å². The molecular weight excluding hydrogens is 258 g/mol. The van der Waals surface area contributed by atoms with Crippen LogP contribution >= 0.6 is 0 Å². The summed E-state index contributed by atoms with van der Waals surface area (Å²) < 4.78 is 1.57. The molecule has 0 aliphatic carbocycles. The minimum atomic E-state index is -1.06. The van der Waals surface area contributed by atoms with Crippen molar-refractivity contribution in [3.05, 3.63) is 41.5 Å². The molecule has 3 rings (SSSR count). The van der Waals surface area contributed by atoms with Crippen LogP contribution in [-0.2, 0) is 13.0 Å². The Morgan fingerprint density at radius 3 is 2.90 bits per heavy atom. The minimum Gasteiger partial charge on any atom is -0.476 e. The number of benzene rings is 1. The molecule has 0 radical (unpaired) electrons. The van der Waals surface area contributed by atoms with Crippen molar-refractivity contribution in [3.8, 4) is 0 Å². The number of hydrogen-bond acceptors (Lipinski definition) is 4. The monoisotopic (exact) mass is 271 g/mol. The average molecular weight is 271 g/mol. The number of carboxylic acids is 1. The highest BCUT2D eigenvalue weighted by Crippen LogP contribution is 2.13. The fourth-order valence-electron chi connectivity index (χ4n) is 2.20. The van der Waals surface area contributed by atoms with Crippen LogP contribution in [0.4, 0.5) is 0 Å². The number of aromatic carboxylic acids is 1. The van der Waals surface area contributed by atoms with Crippen LogP contribution < -0.4 is 0 Å². The van der Waals surface area contributed by atoms with Gasteiger partial charge in [0.15, 0.2) is 5.69 Å². The van der Waals surface area contributed by atoms with Crippen molar-refractivity contribution in [2.75, 3.05) is 0 Å². The van der Waals surface area contributed by atoms with Gasteiger partial charge < -0.3 is 10.1 Å². The summed E-state index contributed by atoms with van der Waals surface area (Å²) in [5.74, 6) is -0.333. The van der Waals surface area contributed by atoms with Crippen molar-refractivity contribution in [1.29, 1.82) is 0 Å². The lowest BCUT2D eigenvalue weighted by Crippen LogP contribution is -2.09. The molecule has 0 saturated carbocycles. The van der Waals surface area contributed by atoms with Crippen LogP contribution in [0.15, 0.2) is 24.3 Å². The van der Waals surface area contributed by atoms with Crippen molar-refractivity contribution in [1.82, 2.24) is 25.0 Å². The van der Waals surface area contributed by atoms with Crippen LogP contribution in [0.1, 0.15) is 28.9 Å². The number of aromatic nitrogens is 5. The lowest BCUT2D eigenvalue weighted by Gasteiger charge is -2.02. The topological polar surface area (TPSA) is 96.7 Å². The molecule has 0 atom stereocenters. The number of H-pyrrole nitrogens is 1. The van der Waals surface area contributed by atoms with Gasteiger partial charge in [0.1, 0.15) is 12.4 Å². The number of rotatable bonds is 4. The van der Waals surface area contributed by atoms with E-state index in [1.807, 2.05) is 31.2 Å². The number of carboxylic acid groups (broad SMARTS) is 1. The fraction of sp³-hybridized carbons (Fsp3) is 0.231. The first kappa shape index (κ1) is 12.3. The zero-order valence-electron chi connectivity index (χ0n) is 10.9. The van der Waals surface area contributed by atoms with Gasteiger partial charge in [-0.15, -0.1) is 5.10 Å². The van der Waals surface area contributed by atoms with Crippen LogP contribution in [0, 0.1) is 0 Å². The van der Waals surface area contributed by atoms with E-state index in [9.17, 15) is 4.79 Å². The summed E-state index contributed by atoms with van der Waals surface area (Å²) in [6, 6.07) is 7.71. The second-order valence-electron chi connectivity index (χ2n) is 4.40. The Kier molecular flexibility index (Phi) is 2.94. The molecule has 0 saturated heterocycles. The molecule has 2 heterocycles. The number of hydrogen-bond donors (Lipinski definition) is 2. The van der Waals surface area contributed by atoms with Gasteiger partial charge in [-0.2, -0.15) is 0 Å². The molecular formula is C13H13N5O2. The SMILES string of the molecule is CCc1c(C(=O)O)nnn1Cc1nc2ccccc2[nH]1. The van der Waals surface area contributed by atoms with Crippen molar-refractivity contribution < 1.29 is 9.90 Å². The normalized spacial score (nSPS) is 11.1. The molecule has 0 bridgehead atoms. The fourth-order valence-corrected chi connectivity index (χ4v) is 2.20. The van der Waals surface area contributed by atoms with Gasteiger partial charge in [0, 0.05) is 0 Å². The summed E-state index contributed by atoms with van der Waals surface area (Å²) in [5, 5.41) is 16.7. The third-order valence-electron chi connectivity index (χ3n) is 3.11. The molecule has 2 aromatic heterocycles. The Hall–Kier alpha value is -2.70. The van der Waals surface area contributed by atoms with Gasteiger partial charge in [-0.25, -0.2) is 14.5 Å². The predicted molar refractivity (Wildman–Crippen MR) is 71.6 cm³/mol. The highest BCUT2D eigenvalue weighted by Gasteiger charge is 2.18. The molecule has 0 fully saturated rings. The molecule has 7 nitrogen and oxygen atoms in total. The van der Waals surface area contributed by atoms with Crippen molar-refractivity contribution in [3.63, 3.8) is 0 Å². The molecule has 0 amide bonds. The summed E-state index contributed by atoms with van der Waals surface area (Å²) >= 11 is 0. The number of carbonyl (C=O) groups is 1. The van der Waals surface area contributed by atoms with E-state index in [2.05, 4.69) is 20.3 Å². The van der Waals surface area contributed by atoms with Crippen LogP contribution in [0.3, 0.4) is 0 Å². The smallest absolute Gasteiger partial charge is 0.358 e. The van der Waals surface area contributed by atoms with Crippen LogP contribution in [0.5, 0.6) is 0 Å². The van der Waals surface area contributed by atoms with E-state index >= 15 is 0 Å². The lowest BCUT2D eigenvalue weighted by atomic mass is 10.2. The zero-order valence-corrected chi connectivity index (χ0v) is 10.9. The largest absolute Gasteiger partial charge is 0.476 e. The Balaban J connectivity index is 1.96. The first-order chi connectivity index (χ1) is 9.69. The van der Waals surface area contributed by atoms with Crippen molar-refractivity contribution in [2.24, 2.45) is 0 Å². The molecule has 1 aromatic carbocycles. The second-order valence-corrected chi connectivity index (χ2v) is 4.40. The van der Waals surface area contributed by atoms with Crippen LogP contribution in [0.25, 0.3) is 11.0 Å². The number of imidazole rings is 1. The maximum atomic E-state index is 11.0. The number of para-hydroxylation sites is 2. The first-order valence-electron chi connectivity index (χ1n) is 6.28. The van der Waals surface area contributed by atoms with E-state index in [0.717, 1.165) is 16.9 Å². The first-order valence-corrected chi connectivity index (χ1v) is 6.28. The Morgan fingerprint density at radius 1 is 1.40 bits per heavy atom. The van der Waals surface area contributed by atoms with Crippen LogP contribution in [-0.4, -0.2) is 36.0 Å². The molecule has 0 spiro atoms. The molecule has 2 N–H and O–H groups in total. The predicted octanol–water partition coefficient (Wildman–Crippen LogP) is 1.46. The quantitative estimate of drug-likeness (QED) is 0.748. The number of nitrogens with zero attached hydrogens (tertiary/aromatic N) is 4. The lowest BCUT2D eigenvalue weighted by molar-refractivity contribution is 0.0689. The standard InChI is InChI=1S/C13H13N5O2/c1-2-10-12(13(19)20)16-17-18(10)7-11-14-8-5-3-4-6-9(8)15-11/h3-6H,2,7H2,1H3,(H,14,15)(H,19,20). The molecule has 0 unspecified atom stereocenters. The Bertz CT molecular complexity index is 741. The molecule has 3 aromatic rings. The van der Waals surface area contributed by atoms with E-state index in [1.54, 1.807) is 4.68 Å². The average Bonchev–Trinajstić information content (AvgIpc) is 3.01. The number of aromatic amines is 1. The highest BCUT2D eigenvalue weighted by atomic mass is 16.4. The van der Waals surface area contributed by atoms with Gasteiger partial charge in [0.05, 0.1) is 16.7 Å². The van der Waals surface area contributed by atoms with E-state index in [-0.39, 0.29) is 5.69 Å². The van der Waals surface area contributed by atoms with Gasteiger partial charge in [0.25, 0.3) is 0 Å². The minimum absolute atomic E-state index is 0.00334. The van der Waals surface area contributed by atoms with E-state index in [1.165, 1.54) is 0 Å². The van der Waals surface area contributed by atoms with Crippen LogP contribution in [0.2, 0.25) is 0 Å².